The highest BCUT2D eigenvalue weighted by atomic mass is 16.5. The molecule has 0 spiro atoms. The Morgan fingerprint density at radius 2 is 2.29 bits per heavy atom. The molecular formula is C13H18N2O2. The monoisotopic (exact) mass is 234 g/mol. The van der Waals surface area contributed by atoms with Crippen LogP contribution in [0.2, 0.25) is 0 Å². The number of esters is 1. The summed E-state index contributed by atoms with van der Waals surface area (Å²) in [7, 11) is 0. The first-order valence-electron chi connectivity index (χ1n) is 6.02. The number of pyridine rings is 1. The molecule has 2 heterocycles. The fourth-order valence-corrected chi connectivity index (χ4v) is 2.23. The lowest BCUT2D eigenvalue weighted by molar-refractivity contribution is -0.142. The molecule has 1 aliphatic heterocycles. The summed E-state index contributed by atoms with van der Waals surface area (Å²) in [6.45, 7) is 3.96. The van der Waals surface area contributed by atoms with E-state index in [-0.39, 0.29) is 5.97 Å². The molecule has 1 aliphatic rings. The summed E-state index contributed by atoms with van der Waals surface area (Å²) < 4.78 is 5.10. The minimum Gasteiger partial charge on any atom is -0.464 e. The first-order chi connectivity index (χ1) is 8.25. The van der Waals surface area contributed by atoms with Crippen LogP contribution in [0.5, 0.6) is 0 Å². The van der Waals surface area contributed by atoms with Gasteiger partial charge in [0.1, 0.15) is 6.61 Å². The van der Waals surface area contributed by atoms with E-state index in [0.29, 0.717) is 12.6 Å². The van der Waals surface area contributed by atoms with Gasteiger partial charge in [-0.15, -0.1) is 0 Å². The highest BCUT2D eigenvalue weighted by Crippen LogP contribution is 2.20. The standard InChI is InChI=1S/C13H18N2O2/c1-11(16)17-10-13-3-2-8-15(13)9-12-4-6-14-7-5-12/h4-7,13H,2-3,8-10H2,1H3. The van der Waals surface area contributed by atoms with Gasteiger partial charge in [-0.2, -0.15) is 0 Å². The Labute approximate surface area is 102 Å². The van der Waals surface area contributed by atoms with Gasteiger partial charge in [0.2, 0.25) is 0 Å². The number of nitrogens with zero attached hydrogens (tertiary/aromatic N) is 2. The summed E-state index contributed by atoms with van der Waals surface area (Å²) in [5.41, 5.74) is 1.26. The molecule has 1 aromatic rings. The maximum Gasteiger partial charge on any atom is 0.302 e. The first kappa shape index (κ1) is 12.0. The van der Waals surface area contributed by atoms with E-state index in [9.17, 15) is 4.79 Å². The van der Waals surface area contributed by atoms with Gasteiger partial charge in [0.25, 0.3) is 0 Å². The number of ether oxygens (including phenoxy) is 1. The van der Waals surface area contributed by atoms with Gasteiger partial charge in [-0.1, -0.05) is 0 Å². The number of aromatic nitrogens is 1. The average molecular weight is 234 g/mol. The lowest BCUT2D eigenvalue weighted by Crippen LogP contribution is -2.33. The second kappa shape index (κ2) is 5.77. The zero-order chi connectivity index (χ0) is 12.1. The first-order valence-corrected chi connectivity index (χ1v) is 6.02. The summed E-state index contributed by atoms with van der Waals surface area (Å²) in [6.07, 6.45) is 5.91. The lowest BCUT2D eigenvalue weighted by atomic mass is 10.2. The molecule has 0 radical (unpaired) electrons. The van der Waals surface area contributed by atoms with Crippen LogP contribution >= 0.6 is 0 Å². The van der Waals surface area contributed by atoms with E-state index in [4.69, 9.17) is 4.74 Å². The molecule has 0 saturated carbocycles. The summed E-state index contributed by atoms with van der Waals surface area (Å²) in [5.74, 6) is -0.194. The molecule has 1 unspecified atom stereocenters. The molecular weight excluding hydrogens is 216 g/mol. The molecule has 0 N–H and O–H groups in total. The highest BCUT2D eigenvalue weighted by Gasteiger charge is 2.25. The Hall–Kier alpha value is -1.42. The minimum atomic E-state index is -0.194. The summed E-state index contributed by atoms with van der Waals surface area (Å²) in [4.78, 5) is 17.2. The Morgan fingerprint density at radius 3 is 3.00 bits per heavy atom. The van der Waals surface area contributed by atoms with Crippen molar-refractivity contribution in [2.24, 2.45) is 0 Å². The number of carbonyl (C=O) groups excluding carboxylic acids is 1. The van der Waals surface area contributed by atoms with Crippen LogP contribution in [0.15, 0.2) is 24.5 Å². The van der Waals surface area contributed by atoms with E-state index in [1.165, 1.54) is 18.9 Å². The molecule has 2 rings (SSSR count). The van der Waals surface area contributed by atoms with Gasteiger partial charge in [-0.05, 0) is 37.1 Å². The van der Waals surface area contributed by atoms with E-state index in [1.807, 2.05) is 24.5 Å². The van der Waals surface area contributed by atoms with Crippen molar-refractivity contribution in [2.75, 3.05) is 13.2 Å². The van der Waals surface area contributed by atoms with E-state index in [0.717, 1.165) is 19.5 Å². The van der Waals surface area contributed by atoms with Gasteiger partial charge >= 0.3 is 5.97 Å². The second-order valence-corrected chi connectivity index (χ2v) is 4.42. The Kier molecular flexibility index (Phi) is 4.09. The predicted molar refractivity (Wildman–Crippen MR) is 64.3 cm³/mol. The van der Waals surface area contributed by atoms with E-state index >= 15 is 0 Å². The van der Waals surface area contributed by atoms with Crippen LogP contribution < -0.4 is 0 Å². The van der Waals surface area contributed by atoms with Crippen molar-refractivity contribution in [1.29, 1.82) is 0 Å². The molecule has 0 bridgehead atoms. The minimum absolute atomic E-state index is 0.194. The van der Waals surface area contributed by atoms with Crippen LogP contribution in [-0.2, 0) is 16.1 Å². The maximum atomic E-state index is 10.8. The number of likely N-dealkylation sites (tertiary alicyclic amines) is 1. The number of carbonyl (C=O) groups is 1. The summed E-state index contributed by atoms with van der Waals surface area (Å²) in [5, 5.41) is 0. The fourth-order valence-electron chi connectivity index (χ4n) is 2.23. The Morgan fingerprint density at radius 1 is 1.53 bits per heavy atom. The lowest BCUT2D eigenvalue weighted by Gasteiger charge is -2.23. The van der Waals surface area contributed by atoms with Gasteiger partial charge < -0.3 is 4.74 Å². The van der Waals surface area contributed by atoms with E-state index in [2.05, 4.69) is 9.88 Å². The molecule has 92 valence electrons. The third-order valence-electron chi connectivity index (χ3n) is 3.11. The molecule has 1 saturated heterocycles. The third-order valence-corrected chi connectivity index (χ3v) is 3.11. The van der Waals surface area contributed by atoms with Crippen molar-refractivity contribution in [1.82, 2.24) is 9.88 Å². The molecule has 0 aliphatic carbocycles. The number of hydrogen-bond donors (Lipinski definition) is 0. The molecule has 4 nitrogen and oxygen atoms in total. The highest BCUT2D eigenvalue weighted by molar-refractivity contribution is 5.65. The molecule has 1 aromatic heterocycles. The average Bonchev–Trinajstić information content (AvgIpc) is 2.75. The smallest absolute Gasteiger partial charge is 0.302 e. The molecule has 17 heavy (non-hydrogen) atoms. The molecule has 0 aromatic carbocycles. The van der Waals surface area contributed by atoms with Crippen molar-refractivity contribution < 1.29 is 9.53 Å². The zero-order valence-corrected chi connectivity index (χ0v) is 10.1. The SMILES string of the molecule is CC(=O)OCC1CCCN1Cc1ccncc1. The summed E-state index contributed by atoms with van der Waals surface area (Å²) in [6, 6.07) is 4.43. The van der Waals surface area contributed by atoms with E-state index < -0.39 is 0 Å². The topological polar surface area (TPSA) is 42.4 Å². The van der Waals surface area contributed by atoms with Gasteiger partial charge in [-0.3, -0.25) is 14.7 Å². The summed E-state index contributed by atoms with van der Waals surface area (Å²) >= 11 is 0. The van der Waals surface area contributed by atoms with Gasteiger partial charge in [-0.25, -0.2) is 0 Å². The van der Waals surface area contributed by atoms with Crippen molar-refractivity contribution in [3.8, 4) is 0 Å². The maximum absolute atomic E-state index is 10.8. The Bertz CT molecular complexity index is 367. The van der Waals surface area contributed by atoms with Crippen LogP contribution in [0.25, 0.3) is 0 Å². The third kappa shape index (κ3) is 3.53. The van der Waals surface area contributed by atoms with Crippen LogP contribution in [0.3, 0.4) is 0 Å². The Balaban J connectivity index is 1.89. The van der Waals surface area contributed by atoms with Crippen molar-refractivity contribution in [3.63, 3.8) is 0 Å². The quantitative estimate of drug-likeness (QED) is 0.742. The van der Waals surface area contributed by atoms with Gasteiger partial charge in [0.05, 0.1) is 0 Å². The van der Waals surface area contributed by atoms with Gasteiger partial charge in [0.15, 0.2) is 0 Å². The van der Waals surface area contributed by atoms with E-state index in [1.54, 1.807) is 0 Å². The molecule has 1 fully saturated rings. The van der Waals surface area contributed by atoms with Crippen molar-refractivity contribution >= 4 is 5.97 Å². The van der Waals surface area contributed by atoms with Gasteiger partial charge in [0, 0.05) is 31.9 Å². The van der Waals surface area contributed by atoms with Crippen molar-refractivity contribution in [2.45, 2.75) is 32.4 Å². The van der Waals surface area contributed by atoms with Crippen molar-refractivity contribution in [3.05, 3.63) is 30.1 Å². The number of rotatable bonds is 4. The molecule has 0 amide bonds. The van der Waals surface area contributed by atoms with Crippen LogP contribution in [-0.4, -0.2) is 35.0 Å². The zero-order valence-electron chi connectivity index (χ0n) is 10.1. The van der Waals surface area contributed by atoms with Crippen LogP contribution in [0, 0.1) is 0 Å². The largest absolute Gasteiger partial charge is 0.464 e. The normalized spacial score (nSPS) is 20.4. The predicted octanol–water partition coefficient (Wildman–Crippen LogP) is 1.61. The molecule has 1 atom stereocenters. The van der Waals surface area contributed by atoms with Crippen LogP contribution in [0.1, 0.15) is 25.3 Å². The van der Waals surface area contributed by atoms with Crippen LogP contribution in [0.4, 0.5) is 0 Å². The number of hydrogen-bond acceptors (Lipinski definition) is 4. The fraction of sp³-hybridized carbons (Fsp3) is 0.538. The second-order valence-electron chi connectivity index (χ2n) is 4.42. The molecule has 4 heteroatoms.